The number of nitrogens with one attached hydrogen (secondary N) is 1. The molecule has 24 heavy (non-hydrogen) atoms. The first-order valence-corrected chi connectivity index (χ1v) is 9.22. The molecule has 2 heterocycles. The van der Waals surface area contributed by atoms with E-state index in [0.717, 1.165) is 0 Å². The van der Waals surface area contributed by atoms with Gasteiger partial charge in [-0.05, 0) is 30.6 Å². The SMILES string of the molecule is C=Cc1oc(=O)n(C2CCC(=O)NC2=O)c1C=C.CC.CCSC. The molecule has 1 N–H and O–H groups in total. The lowest BCUT2D eigenvalue weighted by Gasteiger charge is -2.21. The van der Waals surface area contributed by atoms with Gasteiger partial charge in [-0.25, -0.2) is 4.79 Å². The third-order valence-electron chi connectivity index (χ3n) is 3.10. The second kappa shape index (κ2) is 11.5. The minimum atomic E-state index is -0.749. The van der Waals surface area contributed by atoms with E-state index >= 15 is 0 Å². The van der Waals surface area contributed by atoms with Crippen LogP contribution in [0.4, 0.5) is 0 Å². The van der Waals surface area contributed by atoms with Gasteiger partial charge in [0, 0.05) is 6.42 Å². The maximum absolute atomic E-state index is 11.7. The molecule has 1 atom stereocenters. The Balaban J connectivity index is 0.000000773. The van der Waals surface area contributed by atoms with Crippen LogP contribution in [-0.4, -0.2) is 28.4 Å². The molecular weight excluding hydrogens is 328 g/mol. The molecule has 0 bridgehead atoms. The third-order valence-corrected chi connectivity index (χ3v) is 3.67. The van der Waals surface area contributed by atoms with Crippen molar-refractivity contribution in [3.8, 4) is 0 Å². The van der Waals surface area contributed by atoms with E-state index < -0.39 is 17.7 Å². The lowest BCUT2D eigenvalue weighted by Crippen LogP contribution is -2.44. The first kappa shape index (κ1) is 22.0. The lowest BCUT2D eigenvalue weighted by molar-refractivity contribution is -0.135. The number of aromatic nitrogens is 1. The zero-order valence-corrected chi connectivity index (χ0v) is 15.6. The molecule has 7 heteroatoms. The van der Waals surface area contributed by atoms with Crippen molar-refractivity contribution in [3.05, 3.63) is 35.2 Å². The predicted molar refractivity (Wildman–Crippen MR) is 100.0 cm³/mol. The number of piperidine rings is 1. The van der Waals surface area contributed by atoms with Gasteiger partial charge in [0.2, 0.25) is 11.8 Å². The van der Waals surface area contributed by atoms with E-state index in [1.165, 1.54) is 22.5 Å². The van der Waals surface area contributed by atoms with Crippen LogP contribution < -0.4 is 11.1 Å². The van der Waals surface area contributed by atoms with Crippen LogP contribution in [0.3, 0.4) is 0 Å². The summed E-state index contributed by atoms with van der Waals surface area (Å²) in [5, 5.41) is 2.19. The fourth-order valence-electron chi connectivity index (χ4n) is 1.98. The fourth-order valence-corrected chi connectivity index (χ4v) is 1.98. The average Bonchev–Trinajstić information content (AvgIpc) is 2.92. The molecule has 2 amide bonds. The van der Waals surface area contributed by atoms with Crippen LogP contribution in [-0.2, 0) is 9.59 Å². The fraction of sp³-hybridized carbons (Fsp3) is 0.471. The molecule has 1 saturated heterocycles. The van der Waals surface area contributed by atoms with Gasteiger partial charge in [-0.15, -0.1) is 0 Å². The molecule has 1 aromatic heterocycles. The van der Waals surface area contributed by atoms with Crippen molar-refractivity contribution >= 4 is 35.7 Å². The molecule has 0 aromatic carbocycles. The Hall–Kier alpha value is -2.02. The van der Waals surface area contributed by atoms with Gasteiger partial charge >= 0.3 is 5.76 Å². The molecule has 0 saturated carbocycles. The topological polar surface area (TPSA) is 81.3 Å². The summed E-state index contributed by atoms with van der Waals surface area (Å²) in [6.45, 7) is 13.2. The highest BCUT2D eigenvalue weighted by Gasteiger charge is 2.31. The Kier molecular flexibility index (Phi) is 10.5. The van der Waals surface area contributed by atoms with Gasteiger partial charge in [0.05, 0.1) is 5.69 Å². The number of hydrogen-bond acceptors (Lipinski definition) is 5. The highest BCUT2D eigenvalue weighted by Crippen LogP contribution is 2.22. The molecule has 2 rings (SSSR count). The minimum Gasteiger partial charge on any atom is -0.408 e. The molecule has 6 nitrogen and oxygen atoms in total. The zero-order chi connectivity index (χ0) is 18.7. The first-order valence-electron chi connectivity index (χ1n) is 7.82. The number of oxazole rings is 1. The van der Waals surface area contributed by atoms with Crippen LogP contribution in [0, 0.1) is 0 Å². The first-order chi connectivity index (χ1) is 11.5. The van der Waals surface area contributed by atoms with Crippen molar-refractivity contribution in [2.24, 2.45) is 0 Å². The quantitative estimate of drug-likeness (QED) is 0.840. The second-order valence-corrected chi connectivity index (χ2v) is 5.59. The zero-order valence-electron chi connectivity index (χ0n) is 14.8. The van der Waals surface area contributed by atoms with Gasteiger partial charge in [0.1, 0.15) is 6.04 Å². The number of hydrogen-bond donors (Lipinski definition) is 1. The minimum absolute atomic E-state index is 0.189. The summed E-state index contributed by atoms with van der Waals surface area (Å²) in [5.74, 6) is -0.00116. The van der Waals surface area contributed by atoms with Crippen molar-refractivity contribution < 1.29 is 14.0 Å². The molecule has 1 aromatic rings. The van der Waals surface area contributed by atoms with E-state index in [9.17, 15) is 14.4 Å². The van der Waals surface area contributed by atoms with Crippen LogP contribution in [0.1, 0.15) is 51.1 Å². The Morgan fingerprint density at radius 1 is 1.29 bits per heavy atom. The number of rotatable bonds is 4. The van der Waals surface area contributed by atoms with Crippen LogP contribution >= 0.6 is 11.8 Å². The Bertz CT molecular complexity index is 629. The lowest BCUT2D eigenvalue weighted by atomic mass is 10.1. The molecule has 134 valence electrons. The summed E-state index contributed by atoms with van der Waals surface area (Å²) >= 11 is 1.86. The predicted octanol–water partition coefficient (Wildman–Crippen LogP) is 3.10. The molecule has 1 aliphatic heterocycles. The van der Waals surface area contributed by atoms with Crippen molar-refractivity contribution in [2.75, 3.05) is 12.0 Å². The van der Waals surface area contributed by atoms with Gasteiger partial charge in [0.15, 0.2) is 5.76 Å². The summed E-state index contributed by atoms with van der Waals surface area (Å²) in [4.78, 5) is 34.5. The molecule has 1 fully saturated rings. The molecule has 1 aliphatic rings. The van der Waals surface area contributed by atoms with Crippen molar-refractivity contribution in [1.29, 1.82) is 0 Å². The largest absolute Gasteiger partial charge is 0.420 e. The number of imide groups is 1. The molecule has 1 unspecified atom stereocenters. The Morgan fingerprint density at radius 3 is 2.29 bits per heavy atom. The van der Waals surface area contributed by atoms with Crippen LogP contribution in [0.15, 0.2) is 22.4 Å². The number of amides is 2. The van der Waals surface area contributed by atoms with Crippen molar-refractivity contribution in [2.45, 2.75) is 39.7 Å². The van der Waals surface area contributed by atoms with E-state index in [0.29, 0.717) is 5.69 Å². The smallest absolute Gasteiger partial charge is 0.408 e. The standard InChI is InChI=1S/C12H12N2O4.C3H8S.C2H6/c1-3-7-9(4-2)18-12(17)14(7)8-5-6-10(15)13-11(8)16;1-3-4-2;1-2/h3-4,8H,1-2,5-6H2,(H,13,15,16);3H2,1-2H3;1-2H3. The average molecular weight is 354 g/mol. The molecule has 0 spiro atoms. The van der Waals surface area contributed by atoms with Gasteiger partial charge in [-0.2, -0.15) is 11.8 Å². The van der Waals surface area contributed by atoms with Gasteiger partial charge < -0.3 is 4.42 Å². The summed E-state index contributed by atoms with van der Waals surface area (Å²) in [6, 6.07) is -0.749. The van der Waals surface area contributed by atoms with E-state index in [1.54, 1.807) is 0 Å². The summed E-state index contributed by atoms with van der Waals surface area (Å²) in [5.41, 5.74) is 0.393. The molecule has 0 radical (unpaired) electrons. The number of carbonyl (C=O) groups excluding carboxylic acids is 2. The van der Waals surface area contributed by atoms with Crippen LogP contribution in [0.25, 0.3) is 12.2 Å². The number of carbonyl (C=O) groups is 2. The summed E-state index contributed by atoms with van der Waals surface area (Å²) in [7, 11) is 0. The molecule has 0 aliphatic carbocycles. The van der Waals surface area contributed by atoms with E-state index in [4.69, 9.17) is 4.42 Å². The number of thioether (sulfide) groups is 1. The van der Waals surface area contributed by atoms with Gasteiger partial charge in [0.25, 0.3) is 0 Å². The van der Waals surface area contributed by atoms with Crippen LogP contribution in [0.5, 0.6) is 0 Å². The highest BCUT2D eigenvalue weighted by molar-refractivity contribution is 7.98. The summed E-state index contributed by atoms with van der Waals surface area (Å²) < 4.78 is 6.17. The van der Waals surface area contributed by atoms with Gasteiger partial charge in [-0.3, -0.25) is 19.5 Å². The molecular formula is C17H26N2O4S. The normalized spacial score (nSPS) is 16.1. The van der Waals surface area contributed by atoms with E-state index in [1.807, 2.05) is 25.6 Å². The van der Waals surface area contributed by atoms with Crippen LogP contribution in [0.2, 0.25) is 0 Å². The number of nitrogens with zero attached hydrogens (tertiary/aromatic N) is 1. The van der Waals surface area contributed by atoms with Gasteiger partial charge in [-0.1, -0.05) is 33.9 Å². The summed E-state index contributed by atoms with van der Waals surface area (Å²) in [6.07, 6.45) is 5.35. The Morgan fingerprint density at radius 2 is 1.88 bits per heavy atom. The Labute approximate surface area is 147 Å². The highest BCUT2D eigenvalue weighted by atomic mass is 32.2. The monoisotopic (exact) mass is 354 g/mol. The van der Waals surface area contributed by atoms with E-state index in [-0.39, 0.29) is 24.5 Å². The second-order valence-electron chi connectivity index (χ2n) is 4.44. The maximum Gasteiger partial charge on any atom is 0.420 e. The van der Waals surface area contributed by atoms with E-state index in [2.05, 4.69) is 31.7 Å². The third kappa shape index (κ3) is 5.56. The van der Waals surface area contributed by atoms with Crippen molar-refractivity contribution in [1.82, 2.24) is 9.88 Å². The van der Waals surface area contributed by atoms with Crippen molar-refractivity contribution in [3.63, 3.8) is 0 Å². The maximum atomic E-state index is 11.7.